The number of hydrogen-bond acceptors (Lipinski definition) is 2. The summed E-state index contributed by atoms with van der Waals surface area (Å²) in [4.78, 5) is 5.85. The van der Waals surface area contributed by atoms with Crippen LogP contribution in [0.4, 0.5) is 10.1 Å². The number of fused-ring (bicyclic) bond motifs is 1. The third-order valence-electron chi connectivity index (χ3n) is 4.53. The van der Waals surface area contributed by atoms with Gasteiger partial charge in [0.25, 0.3) is 0 Å². The zero-order chi connectivity index (χ0) is 17.8. The van der Waals surface area contributed by atoms with Gasteiger partial charge in [-0.2, -0.15) is 0 Å². The molecule has 3 aromatic carbocycles. The van der Waals surface area contributed by atoms with Crippen LogP contribution in [-0.2, 0) is 11.3 Å². The van der Waals surface area contributed by atoms with Crippen LogP contribution < -0.4 is 5.06 Å². The Morgan fingerprint density at radius 1 is 0.846 bits per heavy atom. The van der Waals surface area contributed by atoms with Gasteiger partial charge in [0.2, 0.25) is 0 Å². The number of hydrogen-bond donors (Lipinski definition) is 0. The van der Waals surface area contributed by atoms with E-state index >= 15 is 0 Å². The fourth-order valence-electron chi connectivity index (χ4n) is 3.18. The molecule has 0 saturated carbocycles. The standard InChI is InChI=1S/C23H20FNO/c24-22-10-4-8-21-9-5-16-25(23(21)22)26-17-15-18-11-13-20(14-12-18)19-6-2-1-3-7-19/h1-14H,15-17H2. The molecule has 0 spiro atoms. The second-order valence-corrected chi connectivity index (χ2v) is 6.29. The maximum absolute atomic E-state index is 14.1. The third-order valence-corrected chi connectivity index (χ3v) is 4.53. The third kappa shape index (κ3) is 3.53. The van der Waals surface area contributed by atoms with Crippen LogP contribution in [-0.4, -0.2) is 13.2 Å². The van der Waals surface area contributed by atoms with Crippen molar-refractivity contribution >= 4 is 11.8 Å². The fraction of sp³-hybridized carbons (Fsp3) is 0.130. The van der Waals surface area contributed by atoms with Gasteiger partial charge in [-0.25, -0.2) is 9.45 Å². The van der Waals surface area contributed by atoms with E-state index in [-0.39, 0.29) is 5.82 Å². The van der Waals surface area contributed by atoms with Crippen molar-refractivity contribution in [3.63, 3.8) is 0 Å². The molecule has 3 heteroatoms. The first-order valence-electron chi connectivity index (χ1n) is 8.81. The molecule has 0 aromatic heterocycles. The van der Waals surface area contributed by atoms with Crippen molar-refractivity contribution in [3.8, 4) is 11.1 Å². The van der Waals surface area contributed by atoms with Crippen molar-refractivity contribution < 1.29 is 9.23 Å². The zero-order valence-electron chi connectivity index (χ0n) is 14.4. The smallest absolute Gasteiger partial charge is 0.149 e. The van der Waals surface area contributed by atoms with E-state index in [0.717, 1.165) is 12.0 Å². The number of hydroxylamine groups is 1. The molecule has 0 atom stereocenters. The fourth-order valence-corrected chi connectivity index (χ4v) is 3.18. The highest BCUT2D eigenvalue weighted by molar-refractivity contribution is 5.70. The summed E-state index contributed by atoms with van der Waals surface area (Å²) in [5.74, 6) is -0.251. The second-order valence-electron chi connectivity index (χ2n) is 6.29. The van der Waals surface area contributed by atoms with E-state index in [9.17, 15) is 4.39 Å². The van der Waals surface area contributed by atoms with Gasteiger partial charge in [0.15, 0.2) is 0 Å². The SMILES string of the molecule is Fc1cccc2c1N(OCCc1ccc(-c3ccccc3)cc1)CC=C2. The van der Waals surface area contributed by atoms with Crippen molar-refractivity contribution in [2.24, 2.45) is 0 Å². The minimum Gasteiger partial charge on any atom is -0.273 e. The normalized spacial score (nSPS) is 12.9. The van der Waals surface area contributed by atoms with Crippen LogP contribution in [0, 0.1) is 5.82 Å². The highest BCUT2D eigenvalue weighted by Gasteiger charge is 2.18. The minimum atomic E-state index is -0.251. The van der Waals surface area contributed by atoms with Gasteiger partial charge < -0.3 is 0 Å². The first-order valence-corrected chi connectivity index (χ1v) is 8.81. The molecule has 26 heavy (non-hydrogen) atoms. The summed E-state index contributed by atoms with van der Waals surface area (Å²) in [5.41, 5.74) is 4.98. The molecule has 0 fully saturated rings. The van der Waals surface area contributed by atoms with Gasteiger partial charge in [-0.05, 0) is 29.2 Å². The monoisotopic (exact) mass is 345 g/mol. The molecule has 1 aliphatic heterocycles. The lowest BCUT2D eigenvalue weighted by molar-refractivity contribution is 0.114. The van der Waals surface area contributed by atoms with Gasteiger partial charge >= 0.3 is 0 Å². The molecular weight excluding hydrogens is 325 g/mol. The number of para-hydroxylation sites is 1. The summed E-state index contributed by atoms with van der Waals surface area (Å²) in [6, 6.07) is 23.9. The molecule has 2 nitrogen and oxygen atoms in total. The predicted octanol–water partition coefficient (Wildman–Crippen LogP) is 5.50. The molecule has 0 aliphatic carbocycles. The summed E-state index contributed by atoms with van der Waals surface area (Å²) >= 11 is 0. The number of halogens is 1. The van der Waals surface area contributed by atoms with Crippen LogP contribution in [0.15, 0.2) is 78.9 Å². The van der Waals surface area contributed by atoms with E-state index in [2.05, 4.69) is 36.4 Å². The van der Waals surface area contributed by atoms with Crippen molar-refractivity contribution in [1.29, 1.82) is 0 Å². The lowest BCUT2D eigenvalue weighted by Gasteiger charge is -2.27. The quantitative estimate of drug-likeness (QED) is 0.605. The number of anilines is 1. The van der Waals surface area contributed by atoms with Gasteiger partial charge in [0.05, 0.1) is 13.2 Å². The average Bonchev–Trinajstić information content (AvgIpc) is 2.69. The molecule has 0 amide bonds. The minimum absolute atomic E-state index is 0.251. The maximum atomic E-state index is 14.1. The van der Waals surface area contributed by atoms with Crippen LogP contribution in [0.25, 0.3) is 17.2 Å². The molecule has 0 radical (unpaired) electrons. The Bertz CT molecular complexity index is 903. The van der Waals surface area contributed by atoms with Crippen LogP contribution >= 0.6 is 0 Å². The Labute approximate surface area is 153 Å². The molecular formula is C23H20FNO. The molecule has 4 rings (SSSR count). The van der Waals surface area contributed by atoms with E-state index in [1.54, 1.807) is 11.1 Å². The molecule has 130 valence electrons. The molecule has 0 saturated heterocycles. The van der Waals surface area contributed by atoms with Crippen LogP contribution in [0.3, 0.4) is 0 Å². The molecule has 0 unspecified atom stereocenters. The topological polar surface area (TPSA) is 12.5 Å². The average molecular weight is 345 g/mol. The van der Waals surface area contributed by atoms with Gasteiger partial charge in [-0.3, -0.25) is 4.84 Å². The van der Waals surface area contributed by atoms with E-state index in [1.165, 1.54) is 22.8 Å². The molecule has 1 heterocycles. The van der Waals surface area contributed by atoms with Gasteiger partial charge in [0.1, 0.15) is 11.5 Å². The molecule has 3 aromatic rings. The van der Waals surface area contributed by atoms with Crippen molar-refractivity contribution in [3.05, 3.63) is 95.8 Å². The van der Waals surface area contributed by atoms with Crippen molar-refractivity contribution in [2.45, 2.75) is 6.42 Å². The molecule has 0 bridgehead atoms. The number of rotatable bonds is 5. The van der Waals surface area contributed by atoms with Crippen molar-refractivity contribution in [1.82, 2.24) is 0 Å². The van der Waals surface area contributed by atoms with Gasteiger partial charge in [-0.15, -0.1) is 0 Å². The van der Waals surface area contributed by atoms with Gasteiger partial charge in [0, 0.05) is 5.56 Å². The summed E-state index contributed by atoms with van der Waals surface area (Å²) in [5, 5.41) is 1.64. The largest absolute Gasteiger partial charge is 0.273 e. The Balaban J connectivity index is 1.38. The second kappa shape index (κ2) is 7.54. The first kappa shape index (κ1) is 16.6. The predicted molar refractivity (Wildman–Crippen MR) is 104 cm³/mol. The van der Waals surface area contributed by atoms with Crippen LogP contribution in [0.1, 0.15) is 11.1 Å². The van der Waals surface area contributed by atoms with E-state index in [0.29, 0.717) is 18.8 Å². The highest BCUT2D eigenvalue weighted by Crippen LogP contribution is 2.29. The molecule has 0 N–H and O–H groups in total. The van der Waals surface area contributed by atoms with E-state index in [1.807, 2.05) is 36.4 Å². The summed E-state index contributed by atoms with van der Waals surface area (Å²) < 4.78 is 14.1. The Morgan fingerprint density at radius 3 is 2.42 bits per heavy atom. The zero-order valence-corrected chi connectivity index (χ0v) is 14.4. The van der Waals surface area contributed by atoms with Gasteiger partial charge in [-0.1, -0.05) is 78.9 Å². The summed E-state index contributed by atoms with van der Waals surface area (Å²) in [6.45, 7) is 1.06. The Morgan fingerprint density at radius 2 is 1.62 bits per heavy atom. The number of nitrogens with zero attached hydrogens (tertiary/aromatic N) is 1. The van der Waals surface area contributed by atoms with E-state index < -0.39 is 0 Å². The van der Waals surface area contributed by atoms with E-state index in [4.69, 9.17) is 4.84 Å². The first-order chi connectivity index (χ1) is 12.8. The van der Waals surface area contributed by atoms with Crippen molar-refractivity contribution in [2.75, 3.05) is 18.2 Å². The number of benzene rings is 3. The molecule has 1 aliphatic rings. The summed E-state index contributed by atoms with van der Waals surface area (Å²) in [7, 11) is 0. The summed E-state index contributed by atoms with van der Waals surface area (Å²) in [6.07, 6.45) is 4.69. The highest BCUT2D eigenvalue weighted by atomic mass is 19.1. The van der Waals surface area contributed by atoms with Crippen LogP contribution in [0.2, 0.25) is 0 Å². The lowest BCUT2D eigenvalue weighted by Crippen LogP contribution is -2.28. The Hall–Kier alpha value is -2.91. The maximum Gasteiger partial charge on any atom is 0.149 e. The lowest BCUT2D eigenvalue weighted by atomic mass is 10.0. The van der Waals surface area contributed by atoms with Crippen LogP contribution in [0.5, 0.6) is 0 Å². The Kier molecular flexibility index (Phi) is 4.80.